The van der Waals surface area contributed by atoms with Crippen LogP contribution in [0.15, 0.2) is 24.3 Å². The Morgan fingerprint density at radius 3 is 2.29 bits per heavy atom. The maximum absolute atomic E-state index is 12.1. The van der Waals surface area contributed by atoms with Gasteiger partial charge in [0.1, 0.15) is 0 Å². The van der Waals surface area contributed by atoms with E-state index in [-0.39, 0.29) is 5.91 Å². The van der Waals surface area contributed by atoms with E-state index in [0.29, 0.717) is 24.9 Å². The predicted molar refractivity (Wildman–Crippen MR) is 72.8 cm³/mol. The van der Waals surface area contributed by atoms with E-state index < -0.39 is 0 Å². The van der Waals surface area contributed by atoms with Crippen molar-refractivity contribution in [2.24, 2.45) is 0 Å². The number of rotatable bonds is 5. The molecule has 0 saturated carbocycles. The average Bonchev–Trinajstić information content (AvgIpc) is 2.35. The van der Waals surface area contributed by atoms with Crippen LogP contribution in [0.3, 0.4) is 0 Å². The predicted octanol–water partition coefficient (Wildman–Crippen LogP) is 3.51. The van der Waals surface area contributed by atoms with Crippen molar-refractivity contribution in [1.82, 2.24) is 4.90 Å². The van der Waals surface area contributed by atoms with Crippen molar-refractivity contribution in [1.29, 1.82) is 0 Å². The Morgan fingerprint density at radius 2 is 1.88 bits per heavy atom. The lowest BCUT2D eigenvalue weighted by molar-refractivity contribution is 0.0774. The first kappa shape index (κ1) is 14.0. The summed E-state index contributed by atoms with van der Waals surface area (Å²) < 4.78 is 0. The molecule has 0 heterocycles. The average molecular weight is 254 g/mol. The Hall–Kier alpha value is -1.02. The first-order valence-corrected chi connectivity index (χ1v) is 6.58. The molecule has 0 aliphatic heterocycles. The van der Waals surface area contributed by atoms with Crippen molar-refractivity contribution in [2.45, 2.75) is 26.7 Å². The Kier molecular flexibility index (Phi) is 5.49. The van der Waals surface area contributed by atoms with Gasteiger partial charge >= 0.3 is 0 Å². The van der Waals surface area contributed by atoms with Crippen LogP contribution in [0.5, 0.6) is 0 Å². The van der Waals surface area contributed by atoms with Crippen molar-refractivity contribution in [3.8, 4) is 0 Å². The molecule has 1 aromatic carbocycles. The lowest BCUT2D eigenvalue weighted by Crippen LogP contribution is -2.32. The molecule has 0 atom stereocenters. The van der Waals surface area contributed by atoms with Crippen molar-refractivity contribution >= 4 is 17.5 Å². The molecular formula is C14H20ClNO. The van der Waals surface area contributed by atoms with Gasteiger partial charge in [0.25, 0.3) is 5.91 Å². The van der Waals surface area contributed by atoms with Gasteiger partial charge in [-0.15, -0.1) is 11.6 Å². The van der Waals surface area contributed by atoms with Crippen molar-refractivity contribution in [3.63, 3.8) is 0 Å². The van der Waals surface area contributed by atoms with Gasteiger partial charge in [0.15, 0.2) is 0 Å². The highest BCUT2D eigenvalue weighted by atomic mass is 35.5. The summed E-state index contributed by atoms with van der Waals surface area (Å²) in [5.74, 6) is 1.02. The quantitative estimate of drug-likeness (QED) is 0.736. The topological polar surface area (TPSA) is 20.3 Å². The van der Waals surface area contributed by atoms with Gasteiger partial charge in [-0.1, -0.05) is 26.0 Å². The molecule has 1 aromatic rings. The normalized spacial score (nSPS) is 10.6. The number of carbonyl (C=O) groups excluding carboxylic acids is 1. The highest BCUT2D eigenvalue weighted by Gasteiger charge is 2.13. The maximum atomic E-state index is 12.1. The molecule has 0 fully saturated rings. The minimum absolute atomic E-state index is 0.0588. The smallest absolute Gasteiger partial charge is 0.253 e. The van der Waals surface area contributed by atoms with Gasteiger partial charge in [0.2, 0.25) is 0 Å². The molecule has 0 spiro atoms. The van der Waals surface area contributed by atoms with Crippen molar-refractivity contribution in [3.05, 3.63) is 35.4 Å². The van der Waals surface area contributed by atoms with Crippen molar-refractivity contribution < 1.29 is 4.79 Å². The van der Waals surface area contributed by atoms with Gasteiger partial charge in [-0.3, -0.25) is 4.79 Å². The molecule has 0 aromatic heterocycles. The van der Waals surface area contributed by atoms with Crippen LogP contribution in [0, 0.1) is 0 Å². The maximum Gasteiger partial charge on any atom is 0.253 e. The van der Waals surface area contributed by atoms with E-state index >= 15 is 0 Å². The van der Waals surface area contributed by atoms with Crippen LogP contribution in [0.1, 0.15) is 42.6 Å². The second-order valence-electron chi connectivity index (χ2n) is 4.35. The van der Waals surface area contributed by atoms with E-state index in [9.17, 15) is 4.79 Å². The number of halogens is 1. The molecule has 0 unspecified atom stereocenters. The van der Waals surface area contributed by atoms with Crippen LogP contribution in [0.4, 0.5) is 0 Å². The lowest BCUT2D eigenvalue weighted by Gasteiger charge is -2.19. The Labute approximate surface area is 109 Å². The standard InChI is InChI=1S/C14H20ClNO/c1-4-16(10-9-15)14(17)13-7-5-12(6-8-13)11(2)3/h5-8,11H,4,9-10H2,1-3H3. The molecule has 1 amide bonds. The number of carbonyl (C=O) groups is 1. The van der Waals surface area contributed by atoms with Gasteiger partial charge in [-0.05, 0) is 30.5 Å². The zero-order chi connectivity index (χ0) is 12.8. The number of hydrogen-bond donors (Lipinski definition) is 0. The fourth-order valence-corrected chi connectivity index (χ4v) is 1.90. The van der Waals surface area contributed by atoms with Crippen LogP contribution >= 0.6 is 11.6 Å². The molecular weight excluding hydrogens is 234 g/mol. The Balaban J connectivity index is 2.81. The van der Waals surface area contributed by atoms with Crippen LogP contribution in [-0.2, 0) is 0 Å². The third kappa shape index (κ3) is 3.74. The van der Waals surface area contributed by atoms with Gasteiger partial charge in [0.05, 0.1) is 0 Å². The zero-order valence-electron chi connectivity index (χ0n) is 10.7. The number of benzene rings is 1. The molecule has 0 saturated heterocycles. The second kappa shape index (κ2) is 6.65. The summed E-state index contributed by atoms with van der Waals surface area (Å²) in [5, 5.41) is 0. The Bertz CT molecular complexity index is 359. The number of alkyl halides is 1. The molecule has 0 aliphatic carbocycles. The van der Waals surface area contributed by atoms with Gasteiger partial charge in [-0.25, -0.2) is 0 Å². The van der Waals surface area contributed by atoms with Gasteiger partial charge in [0, 0.05) is 24.5 Å². The third-order valence-electron chi connectivity index (χ3n) is 2.85. The minimum atomic E-state index is 0.0588. The van der Waals surface area contributed by atoms with Crippen LogP contribution < -0.4 is 0 Å². The van der Waals surface area contributed by atoms with Crippen LogP contribution in [0.2, 0.25) is 0 Å². The highest BCUT2D eigenvalue weighted by molar-refractivity contribution is 6.18. The van der Waals surface area contributed by atoms with E-state index in [1.807, 2.05) is 31.2 Å². The van der Waals surface area contributed by atoms with E-state index in [4.69, 9.17) is 11.6 Å². The second-order valence-corrected chi connectivity index (χ2v) is 4.73. The summed E-state index contributed by atoms with van der Waals surface area (Å²) in [7, 11) is 0. The Morgan fingerprint density at radius 1 is 1.29 bits per heavy atom. The van der Waals surface area contributed by atoms with Gasteiger partial charge < -0.3 is 4.90 Å². The number of hydrogen-bond acceptors (Lipinski definition) is 1. The fraction of sp³-hybridized carbons (Fsp3) is 0.500. The molecule has 1 rings (SSSR count). The van der Waals surface area contributed by atoms with E-state index in [1.54, 1.807) is 4.90 Å². The van der Waals surface area contributed by atoms with E-state index in [0.717, 1.165) is 5.56 Å². The first-order chi connectivity index (χ1) is 8.10. The molecule has 0 aliphatic rings. The molecule has 2 nitrogen and oxygen atoms in total. The fourth-order valence-electron chi connectivity index (χ4n) is 1.70. The summed E-state index contributed by atoms with van der Waals surface area (Å²) in [6, 6.07) is 7.84. The summed E-state index contributed by atoms with van der Waals surface area (Å²) in [4.78, 5) is 13.9. The molecule has 94 valence electrons. The van der Waals surface area contributed by atoms with Crippen LogP contribution in [-0.4, -0.2) is 29.8 Å². The first-order valence-electron chi connectivity index (χ1n) is 6.05. The zero-order valence-corrected chi connectivity index (χ0v) is 11.5. The molecule has 0 N–H and O–H groups in total. The van der Waals surface area contributed by atoms with Gasteiger partial charge in [-0.2, -0.15) is 0 Å². The monoisotopic (exact) mass is 253 g/mol. The highest BCUT2D eigenvalue weighted by Crippen LogP contribution is 2.15. The molecule has 17 heavy (non-hydrogen) atoms. The summed E-state index contributed by atoms with van der Waals surface area (Å²) in [6.45, 7) is 7.54. The summed E-state index contributed by atoms with van der Waals surface area (Å²) in [6.07, 6.45) is 0. The lowest BCUT2D eigenvalue weighted by atomic mass is 10.0. The molecule has 3 heteroatoms. The van der Waals surface area contributed by atoms with Crippen molar-refractivity contribution in [2.75, 3.05) is 19.0 Å². The van der Waals surface area contributed by atoms with E-state index in [1.165, 1.54) is 5.56 Å². The largest absolute Gasteiger partial charge is 0.338 e. The van der Waals surface area contributed by atoms with E-state index in [2.05, 4.69) is 13.8 Å². The molecule has 0 radical (unpaired) electrons. The minimum Gasteiger partial charge on any atom is -0.338 e. The van der Waals surface area contributed by atoms with Crippen LogP contribution in [0.25, 0.3) is 0 Å². The number of amides is 1. The summed E-state index contributed by atoms with van der Waals surface area (Å²) >= 11 is 5.68. The SMILES string of the molecule is CCN(CCCl)C(=O)c1ccc(C(C)C)cc1. The summed E-state index contributed by atoms with van der Waals surface area (Å²) in [5.41, 5.74) is 1.99. The number of nitrogens with zero attached hydrogens (tertiary/aromatic N) is 1. The molecule has 0 bridgehead atoms. The third-order valence-corrected chi connectivity index (χ3v) is 3.02.